The molecule has 0 aliphatic rings. The van der Waals surface area contributed by atoms with Crippen LogP contribution < -0.4 is 0 Å². The zero-order chi connectivity index (χ0) is 9.68. The number of hydrogen-bond donors (Lipinski definition) is 0. The summed E-state index contributed by atoms with van der Waals surface area (Å²) in [6.07, 6.45) is 3.78. The van der Waals surface area contributed by atoms with Gasteiger partial charge in [-0.25, -0.2) is 9.78 Å². The highest BCUT2D eigenvalue weighted by Crippen LogP contribution is 1.97. The molecule has 4 heteroatoms. The van der Waals surface area contributed by atoms with Crippen molar-refractivity contribution >= 4 is 5.97 Å². The molecule has 0 atom stereocenters. The zero-order valence-electron chi connectivity index (χ0n) is 7.78. The Bertz CT molecular complexity index is 282. The Morgan fingerprint density at radius 1 is 1.46 bits per heavy atom. The third-order valence-electron chi connectivity index (χ3n) is 1.43. The third kappa shape index (κ3) is 2.82. The predicted octanol–water partition coefficient (Wildman–Crippen LogP) is 1.35. The molecule has 0 aliphatic carbocycles. The molecule has 13 heavy (non-hydrogen) atoms. The van der Waals surface area contributed by atoms with Crippen LogP contribution in [0, 0.1) is 6.92 Å². The van der Waals surface area contributed by atoms with Crippen molar-refractivity contribution in [3.63, 3.8) is 0 Å². The maximum Gasteiger partial charge on any atom is 0.358 e. The van der Waals surface area contributed by atoms with E-state index in [9.17, 15) is 4.79 Å². The molecule has 0 aliphatic heterocycles. The molecule has 0 aromatic carbocycles. The first kappa shape index (κ1) is 9.64. The Kier molecular flexibility index (Phi) is 3.37. The number of carbonyl (C=O) groups excluding carboxylic acids is 1. The maximum absolute atomic E-state index is 11.2. The fourth-order valence-corrected chi connectivity index (χ4v) is 0.767. The molecule has 1 aromatic rings. The Morgan fingerprint density at radius 3 is 2.77 bits per heavy atom. The van der Waals surface area contributed by atoms with Gasteiger partial charge in [-0.3, -0.25) is 4.98 Å². The summed E-state index contributed by atoms with van der Waals surface area (Å²) in [5, 5.41) is 0. The molecule has 0 bridgehead atoms. The summed E-state index contributed by atoms with van der Waals surface area (Å²) in [5.41, 5.74) is 1.05. The molecule has 0 fully saturated rings. The number of aryl methyl sites for hydroxylation is 1. The van der Waals surface area contributed by atoms with E-state index in [-0.39, 0.29) is 5.69 Å². The molecule has 0 saturated carbocycles. The normalized spacial score (nSPS) is 9.69. The van der Waals surface area contributed by atoms with Gasteiger partial charge in [-0.05, 0) is 13.3 Å². The van der Waals surface area contributed by atoms with Gasteiger partial charge in [-0.2, -0.15) is 0 Å². The van der Waals surface area contributed by atoms with E-state index in [1.54, 1.807) is 6.20 Å². The smallest absolute Gasteiger partial charge is 0.358 e. The van der Waals surface area contributed by atoms with Gasteiger partial charge < -0.3 is 4.74 Å². The SMILES string of the molecule is CCCOC(=O)c1cnc(C)cn1. The summed E-state index contributed by atoms with van der Waals surface area (Å²) in [6.45, 7) is 4.18. The Morgan fingerprint density at radius 2 is 2.23 bits per heavy atom. The summed E-state index contributed by atoms with van der Waals surface area (Å²) in [5.74, 6) is -0.408. The first-order valence-electron chi connectivity index (χ1n) is 4.19. The standard InChI is InChI=1S/C9H12N2O2/c1-3-4-13-9(12)8-6-10-7(2)5-11-8/h5-6H,3-4H2,1-2H3. The molecule has 0 unspecified atom stereocenters. The van der Waals surface area contributed by atoms with E-state index >= 15 is 0 Å². The minimum absolute atomic E-state index is 0.263. The van der Waals surface area contributed by atoms with Crippen molar-refractivity contribution in [2.75, 3.05) is 6.61 Å². The molecule has 0 spiro atoms. The molecule has 70 valence electrons. The summed E-state index contributed by atoms with van der Waals surface area (Å²) < 4.78 is 4.88. The predicted molar refractivity (Wildman–Crippen MR) is 47.3 cm³/mol. The first-order valence-corrected chi connectivity index (χ1v) is 4.19. The average molecular weight is 180 g/mol. The van der Waals surface area contributed by atoms with E-state index in [1.165, 1.54) is 6.20 Å². The van der Waals surface area contributed by atoms with Crippen molar-refractivity contribution in [3.8, 4) is 0 Å². The van der Waals surface area contributed by atoms with Gasteiger partial charge in [0.2, 0.25) is 0 Å². The van der Waals surface area contributed by atoms with Gasteiger partial charge in [-0.15, -0.1) is 0 Å². The molecule has 1 aromatic heterocycles. The van der Waals surface area contributed by atoms with Crippen LogP contribution >= 0.6 is 0 Å². The summed E-state index contributed by atoms with van der Waals surface area (Å²) >= 11 is 0. The number of carbonyl (C=O) groups is 1. The highest BCUT2D eigenvalue weighted by molar-refractivity contribution is 5.86. The number of rotatable bonds is 3. The van der Waals surface area contributed by atoms with E-state index in [1.807, 2.05) is 13.8 Å². The van der Waals surface area contributed by atoms with E-state index in [0.29, 0.717) is 6.61 Å². The first-order chi connectivity index (χ1) is 6.24. The second-order valence-corrected chi connectivity index (χ2v) is 2.68. The van der Waals surface area contributed by atoms with Crippen LogP contribution in [-0.2, 0) is 4.74 Å². The molecule has 4 nitrogen and oxygen atoms in total. The van der Waals surface area contributed by atoms with Gasteiger partial charge >= 0.3 is 5.97 Å². The lowest BCUT2D eigenvalue weighted by molar-refractivity contribution is 0.0497. The molecule has 1 rings (SSSR count). The Hall–Kier alpha value is -1.45. The van der Waals surface area contributed by atoms with Crippen LogP contribution in [0.15, 0.2) is 12.4 Å². The van der Waals surface area contributed by atoms with Crippen LogP contribution in [0.2, 0.25) is 0 Å². The lowest BCUT2D eigenvalue weighted by Gasteiger charge is -2.01. The lowest BCUT2D eigenvalue weighted by Crippen LogP contribution is -2.08. The molecular formula is C9H12N2O2. The van der Waals surface area contributed by atoms with E-state index in [2.05, 4.69) is 9.97 Å². The van der Waals surface area contributed by atoms with Gasteiger partial charge in [0.05, 0.1) is 18.5 Å². The third-order valence-corrected chi connectivity index (χ3v) is 1.43. The van der Waals surface area contributed by atoms with Crippen molar-refractivity contribution in [1.29, 1.82) is 0 Å². The van der Waals surface area contributed by atoms with E-state index in [4.69, 9.17) is 4.74 Å². The molecular weight excluding hydrogens is 168 g/mol. The van der Waals surface area contributed by atoms with Crippen LogP contribution in [0.25, 0.3) is 0 Å². The van der Waals surface area contributed by atoms with Gasteiger partial charge in [0.25, 0.3) is 0 Å². The average Bonchev–Trinajstić information content (AvgIpc) is 2.15. The second kappa shape index (κ2) is 4.54. The van der Waals surface area contributed by atoms with Crippen molar-refractivity contribution in [2.24, 2.45) is 0 Å². The minimum Gasteiger partial charge on any atom is -0.461 e. The largest absolute Gasteiger partial charge is 0.461 e. The second-order valence-electron chi connectivity index (χ2n) is 2.68. The van der Waals surface area contributed by atoms with Crippen molar-refractivity contribution < 1.29 is 9.53 Å². The van der Waals surface area contributed by atoms with Crippen molar-refractivity contribution in [1.82, 2.24) is 9.97 Å². The van der Waals surface area contributed by atoms with Crippen LogP contribution in [0.1, 0.15) is 29.5 Å². The molecule has 0 amide bonds. The van der Waals surface area contributed by atoms with Crippen LogP contribution in [-0.4, -0.2) is 22.5 Å². The summed E-state index contributed by atoms with van der Waals surface area (Å²) in [6, 6.07) is 0. The van der Waals surface area contributed by atoms with Crippen LogP contribution in [0.4, 0.5) is 0 Å². The number of hydrogen-bond acceptors (Lipinski definition) is 4. The molecule has 0 radical (unpaired) electrons. The fourth-order valence-electron chi connectivity index (χ4n) is 0.767. The van der Waals surface area contributed by atoms with Gasteiger partial charge in [0, 0.05) is 6.20 Å². The summed E-state index contributed by atoms with van der Waals surface area (Å²) in [7, 11) is 0. The van der Waals surface area contributed by atoms with E-state index in [0.717, 1.165) is 12.1 Å². The van der Waals surface area contributed by atoms with Crippen LogP contribution in [0.5, 0.6) is 0 Å². The monoisotopic (exact) mass is 180 g/mol. The van der Waals surface area contributed by atoms with Crippen LogP contribution in [0.3, 0.4) is 0 Å². The number of esters is 1. The van der Waals surface area contributed by atoms with Gasteiger partial charge in [0.15, 0.2) is 5.69 Å². The quantitative estimate of drug-likeness (QED) is 0.659. The summed E-state index contributed by atoms with van der Waals surface area (Å²) in [4.78, 5) is 19.0. The molecule has 1 heterocycles. The lowest BCUT2D eigenvalue weighted by atomic mass is 10.4. The minimum atomic E-state index is -0.408. The highest BCUT2D eigenvalue weighted by atomic mass is 16.5. The Labute approximate surface area is 77.0 Å². The Balaban J connectivity index is 2.61. The highest BCUT2D eigenvalue weighted by Gasteiger charge is 2.07. The number of nitrogens with zero attached hydrogens (tertiary/aromatic N) is 2. The molecule has 0 N–H and O–H groups in total. The number of ether oxygens (including phenoxy) is 1. The van der Waals surface area contributed by atoms with Crippen molar-refractivity contribution in [3.05, 3.63) is 23.8 Å². The topological polar surface area (TPSA) is 52.1 Å². The van der Waals surface area contributed by atoms with Crippen molar-refractivity contribution in [2.45, 2.75) is 20.3 Å². The fraction of sp³-hybridized carbons (Fsp3) is 0.444. The van der Waals surface area contributed by atoms with Gasteiger partial charge in [0.1, 0.15) is 0 Å². The van der Waals surface area contributed by atoms with E-state index < -0.39 is 5.97 Å². The molecule has 0 saturated heterocycles. The zero-order valence-corrected chi connectivity index (χ0v) is 7.78. The maximum atomic E-state index is 11.2. The number of aromatic nitrogens is 2. The van der Waals surface area contributed by atoms with Gasteiger partial charge in [-0.1, -0.05) is 6.92 Å².